The van der Waals surface area contributed by atoms with Crippen molar-refractivity contribution in [2.24, 2.45) is 18.7 Å². The standard InChI is InChI=1S/C15H25N3O2.ClH/c1-10(2)7-15(4,9-16)17-14(20)13-6-12(11(3)19)8-18(13)5;/h6,8,10H,7,9,16H2,1-5H3,(H,17,20);1H. The van der Waals surface area contributed by atoms with Gasteiger partial charge in [0.1, 0.15) is 5.69 Å². The van der Waals surface area contributed by atoms with Crippen LogP contribution in [-0.2, 0) is 7.05 Å². The van der Waals surface area contributed by atoms with E-state index in [-0.39, 0.29) is 24.1 Å². The number of amides is 1. The summed E-state index contributed by atoms with van der Waals surface area (Å²) < 4.78 is 1.67. The Balaban J connectivity index is 0.00000400. The molecule has 0 saturated heterocycles. The second-order valence-electron chi connectivity index (χ2n) is 6.10. The molecule has 0 spiro atoms. The Labute approximate surface area is 132 Å². The van der Waals surface area contributed by atoms with Crippen molar-refractivity contribution < 1.29 is 9.59 Å². The predicted octanol–water partition coefficient (Wildman–Crippen LogP) is 2.14. The first-order valence-electron chi connectivity index (χ1n) is 6.88. The van der Waals surface area contributed by atoms with Gasteiger partial charge in [0.05, 0.1) is 5.54 Å². The Morgan fingerprint density at radius 2 is 2.00 bits per heavy atom. The number of aryl methyl sites for hydroxylation is 1. The first kappa shape index (κ1) is 19.7. The van der Waals surface area contributed by atoms with Crippen LogP contribution in [0.15, 0.2) is 12.3 Å². The Hall–Kier alpha value is -1.33. The number of nitrogens with one attached hydrogen (secondary N) is 1. The molecule has 0 aliphatic carbocycles. The molecule has 21 heavy (non-hydrogen) atoms. The number of Topliss-reactive ketones (excluding diaryl/α,β-unsaturated/α-hetero) is 1. The van der Waals surface area contributed by atoms with Crippen LogP contribution >= 0.6 is 12.4 Å². The van der Waals surface area contributed by atoms with Crippen molar-refractivity contribution in [1.82, 2.24) is 9.88 Å². The molecule has 0 aromatic carbocycles. The number of nitrogens with two attached hydrogens (primary N) is 1. The third-order valence-electron chi connectivity index (χ3n) is 3.37. The minimum absolute atomic E-state index is 0. The number of ketones is 1. The first-order valence-corrected chi connectivity index (χ1v) is 6.88. The minimum atomic E-state index is -0.439. The molecule has 1 unspecified atom stereocenters. The maximum absolute atomic E-state index is 12.4. The molecule has 6 heteroatoms. The summed E-state index contributed by atoms with van der Waals surface area (Å²) in [4.78, 5) is 23.7. The van der Waals surface area contributed by atoms with E-state index < -0.39 is 5.54 Å². The topological polar surface area (TPSA) is 77.1 Å². The number of rotatable bonds is 6. The summed E-state index contributed by atoms with van der Waals surface area (Å²) in [6.45, 7) is 7.99. The lowest BCUT2D eigenvalue weighted by Gasteiger charge is -2.31. The van der Waals surface area contributed by atoms with Gasteiger partial charge in [-0.25, -0.2) is 0 Å². The molecular weight excluding hydrogens is 290 g/mol. The highest BCUT2D eigenvalue weighted by Gasteiger charge is 2.27. The van der Waals surface area contributed by atoms with Crippen molar-refractivity contribution in [3.8, 4) is 0 Å². The molecule has 1 heterocycles. The van der Waals surface area contributed by atoms with Crippen molar-refractivity contribution in [3.05, 3.63) is 23.5 Å². The third kappa shape index (κ3) is 5.17. The van der Waals surface area contributed by atoms with E-state index in [0.29, 0.717) is 23.7 Å². The molecule has 0 saturated carbocycles. The fourth-order valence-electron chi connectivity index (χ4n) is 2.41. The highest BCUT2D eigenvalue weighted by molar-refractivity contribution is 5.99. The van der Waals surface area contributed by atoms with Crippen LogP contribution in [-0.4, -0.2) is 28.3 Å². The normalized spacial score (nSPS) is 13.5. The van der Waals surface area contributed by atoms with Crippen LogP contribution < -0.4 is 11.1 Å². The fourth-order valence-corrected chi connectivity index (χ4v) is 2.41. The molecule has 1 aromatic heterocycles. The Morgan fingerprint density at radius 3 is 2.38 bits per heavy atom. The van der Waals surface area contributed by atoms with Gasteiger partial charge in [0.25, 0.3) is 5.91 Å². The van der Waals surface area contributed by atoms with Gasteiger partial charge in [-0.2, -0.15) is 0 Å². The smallest absolute Gasteiger partial charge is 0.268 e. The van der Waals surface area contributed by atoms with Gasteiger partial charge in [0, 0.05) is 25.4 Å². The van der Waals surface area contributed by atoms with Gasteiger partial charge in [-0.15, -0.1) is 12.4 Å². The SMILES string of the molecule is CC(=O)c1cc(C(=O)NC(C)(CN)CC(C)C)n(C)c1.Cl. The van der Waals surface area contributed by atoms with E-state index in [9.17, 15) is 9.59 Å². The van der Waals surface area contributed by atoms with E-state index in [1.165, 1.54) is 6.92 Å². The van der Waals surface area contributed by atoms with Crippen molar-refractivity contribution in [1.29, 1.82) is 0 Å². The fraction of sp³-hybridized carbons (Fsp3) is 0.600. The highest BCUT2D eigenvalue weighted by atomic mass is 35.5. The van der Waals surface area contributed by atoms with E-state index >= 15 is 0 Å². The van der Waals surface area contributed by atoms with Gasteiger partial charge < -0.3 is 15.6 Å². The molecule has 5 nitrogen and oxygen atoms in total. The van der Waals surface area contributed by atoms with Gasteiger partial charge >= 0.3 is 0 Å². The van der Waals surface area contributed by atoms with Gasteiger partial charge in [-0.1, -0.05) is 13.8 Å². The van der Waals surface area contributed by atoms with Gasteiger partial charge in [0.15, 0.2) is 5.78 Å². The number of hydrogen-bond acceptors (Lipinski definition) is 3. The van der Waals surface area contributed by atoms with Crippen molar-refractivity contribution in [2.75, 3.05) is 6.54 Å². The van der Waals surface area contributed by atoms with Crippen LogP contribution in [0.25, 0.3) is 0 Å². The zero-order valence-corrected chi connectivity index (χ0v) is 14.2. The number of hydrogen-bond donors (Lipinski definition) is 2. The monoisotopic (exact) mass is 315 g/mol. The summed E-state index contributed by atoms with van der Waals surface area (Å²) in [5.74, 6) is 0.182. The van der Waals surface area contributed by atoms with Crippen LogP contribution in [0, 0.1) is 5.92 Å². The van der Waals surface area contributed by atoms with E-state index in [1.807, 2.05) is 6.92 Å². The quantitative estimate of drug-likeness (QED) is 0.790. The third-order valence-corrected chi connectivity index (χ3v) is 3.37. The molecule has 0 fully saturated rings. The summed E-state index contributed by atoms with van der Waals surface area (Å²) in [5.41, 5.74) is 6.37. The maximum atomic E-state index is 12.4. The van der Waals surface area contributed by atoms with E-state index in [0.717, 1.165) is 6.42 Å². The molecule has 3 N–H and O–H groups in total. The largest absolute Gasteiger partial charge is 0.346 e. The average Bonchev–Trinajstić information content (AvgIpc) is 2.70. The van der Waals surface area contributed by atoms with Crippen LogP contribution in [0.4, 0.5) is 0 Å². The number of carbonyl (C=O) groups excluding carboxylic acids is 2. The van der Waals surface area contributed by atoms with Gasteiger partial charge in [0.2, 0.25) is 0 Å². The second kappa shape index (κ2) is 7.61. The Kier molecular flexibility index (Phi) is 7.13. The van der Waals surface area contributed by atoms with Crippen LogP contribution in [0.2, 0.25) is 0 Å². The number of nitrogens with zero attached hydrogens (tertiary/aromatic N) is 1. The van der Waals surface area contributed by atoms with Crippen LogP contribution in [0.1, 0.15) is 55.0 Å². The molecule has 0 aliphatic heterocycles. The summed E-state index contributed by atoms with van der Waals surface area (Å²) in [7, 11) is 1.75. The summed E-state index contributed by atoms with van der Waals surface area (Å²) >= 11 is 0. The molecule has 0 bridgehead atoms. The lowest BCUT2D eigenvalue weighted by atomic mass is 9.90. The van der Waals surface area contributed by atoms with Gasteiger partial charge in [-0.3, -0.25) is 9.59 Å². The zero-order chi connectivity index (χ0) is 15.5. The van der Waals surface area contributed by atoms with Crippen molar-refractivity contribution >= 4 is 24.1 Å². The van der Waals surface area contributed by atoms with E-state index in [2.05, 4.69) is 19.2 Å². The minimum Gasteiger partial charge on any atom is -0.346 e. The van der Waals surface area contributed by atoms with E-state index in [1.54, 1.807) is 23.9 Å². The molecule has 1 rings (SSSR count). The lowest BCUT2D eigenvalue weighted by Crippen LogP contribution is -2.52. The van der Waals surface area contributed by atoms with Crippen LogP contribution in [0.3, 0.4) is 0 Å². The number of aromatic nitrogens is 1. The molecule has 1 amide bonds. The molecule has 1 atom stereocenters. The Morgan fingerprint density at radius 1 is 1.43 bits per heavy atom. The number of carbonyl (C=O) groups is 2. The average molecular weight is 316 g/mol. The summed E-state index contributed by atoms with van der Waals surface area (Å²) in [6, 6.07) is 1.62. The molecule has 1 aromatic rings. The van der Waals surface area contributed by atoms with Crippen molar-refractivity contribution in [2.45, 2.75) is 39.7 Å². The van der Waals surface area contributed by atoms with E-state index in [4.69, 9.17) is 5.73 Å². The Bertz CT molecular complexity index is 511. The second-order valence-corrected chi connectivity index (χ2v) is 6.10. The molecule has 120 valence electrons. The van der Waals surface area contributed by atoms with Crippen molar-refractivity contribution in [3.63, 3.8) is 0 Å². The van der Waals surface area contributed by atoms with Gasteiger partial charge in [-0.05, 0) is 32.3 Å². The lowest BCUT2D eigenvalue weighted by molar-refractivity contribution is 0.0889. The molecule has 0 aliphatic rings. The summed E-state index contributed by atoms with van der Waals surface area (Å²) in [5, 5.41) is 2.99. The summed E-state index contributed by atoms with van der Waals surface area (Å²) in [6.07, 6.45) is 2.47. The molecule has 0 radical (unpaired) electrons. The number of halogens is 1. The highest BCUT2D eigenvalue weighted by Crippen LogP contribution is 2.17. The maximum Gasteiger partial charge on any atom is 0.268 e. The first-order chi connectivity index (χ1) is 9.18. The zero-order valence-electron chi connectivity index (χ0n) is 13.4. The van der Waals surface area contributed by atoms with Crippen LogP contribution in [0.5, 0.6) is 0 Å². The predicted molar refractivity (Wildman–Crippen MR) is 87.0 cm³/mol. The molecular formula is C15H26ClN3O2.